The van der Waals surface area contributed by atoms with E-state index in [2.05, 4.69) is 0 Å². The molecule has 1 aromatic rings. The van der Waals surface area contributed by atoms with Crippen molar-refractivity contribution in [1.82, 2.24) is 4.90 Å². The van der Waals surface area contributed by atoms with E-state index >= 15 is 0 Å². The van der Waals surface area contributed by atoms with E-state index in [1.54, 1.807) is 4.90 Å². The van der Waals surface area contributed by atoms with Crippen LogP contribution in [0.2, 0.25) is 0 Å². The van der Waals surface area contributed by atoms with Gasteiger partial charge in [0.1, 0.15) is 0 Å². The molecule has 0 saturated heterocycles. The molecular formula is C14H20N2OS. The van der Waals surface area contributed by atoms with Gasteiger partial charge in [0.25, 0.3) is 0 Å². The summed E-state index contributed by atoms with van der Waals surface area (Å²) in [4.78, 5) is 14.6. The summed E-state index contributed by atoms with van der Waals surface area (Å²) in [6.45, 7) is 6.71. The minimum absolute atomic E-state index is 0.0454. The predicted octanol–water partition coefficient (Wildman–Crippen LogP) is 2.10. The van der Waals surface area contributed by atoms with E-state index in [4.69, 9.17) is 18.0 Å². The topological polar surface area (TPSA) is 46.3 Å². The molecule has 0 saturated carbocycles. The number of nitrogens with two attached hydrogens (primary N) is 1. The third-order valence-corrected chi connectivity index (χ3v) is 3.17. The predicted molar refractivity (Wildman–Crippen MR) is 78.5 cm³/mol. The monoisotopic (exact) mass is 264 g/mol. The minimum Gasteiger partial charge on any atom is -0.392 e. The summed E-state index contributed by atoms with van der Waals surface area (Å²) in [5.74, 6) is 0.0454. The van der Waals surface area contributed by atoms with E-state index in [1.165, 1.54) is 0 Å². The van der Waals surface area contributed by atoms with Crippen LogP contribution in [-0.4, -0.2) is 28.9 Å². The van der Waals surface area contributed by atoms with Crippen molar-refractivity contribution in [2.75, 3.05) is 13.1 Å². The van der Waals surface area contributed by atoms with E-state index in [1.807, 2.05) is 51.1 Å². The first-order valence-corrected chi connectivity index (χ1v) is 6.43. The fourth-order valence-electron chi connectivity index (χ4n) is 1.89. The zero-order chi connectivity index (χ0) is 13.8. The lowest BCUT2D eigenvalue weighted by atomic mass is 9.83. The molecule has 0 aliphatic heterocycles. The Labute approximate surface area is 114 Å². The number of amides is 1. The van der Waals surface area contributed by atoms with Gasteiger partial charge in [-0.2, -0.15) is 0 Å². The summed E-state index contributed by atoms with van der Waals surface area (Å²) in [5, 5.41) is 0. The molecule has 2 N–H and O–H groups in total. The molecule has 0 aliphatic carbocycles. The summed E-state index contributed by atoms with van der Waals surface area (Å²) in [6, 6.07) is 9.75. The number of thiocarbonyl (C=S) groups is 1. The van der Waals surface area contributed by atoms with Crippen molar-refractivity contribution < 1.29 is 4.79 Å². The number of carbonyl (C=O) groups is 1. The van der Waals surface area contributed by atoms with Gasteiger partial charge < -0.3 is 10.6 Å². The van der Waals surface area contributed by atoms with Crippen molar-refractivity contribution in [3.63, 3.8) is 0 Å². The van der Waals surface area contributed by atoms with Crippen LogP contribution in [0.25, 0.3) is 0 Å². The van der Waals surface area contributed by atoms with Gasteiger partial charge in [0, 0.05) is 6.54 Å². The maximum Gasteiger partial charge on any atom is 0.233 e. The van der Waals surface area contributed by atoms with E-state index in [0.717, 1.165) is 5.56 Å². The van der Waals surface area contributed by atoms with Crippen LogP contribution >= 0.6 is 12.2 Å². The number of rotatable bonds is 5. The molecule has 0 fully saturated rings. The summed E-state index contributed by atoms with van der Waals surface area (Å²) in [7, 11) is 0. The Morgan fingerprint density at radius 3 is 2.33 bits per heavy atom. The molecule has 0 aliphatic rings. The molecule has 0 atom stereocenters. The third kappa shape index (κ3) is 3.29. The second-order valence-corrected chi connectivity index (χ2v) is 5.30. The average molecular weight is 264 g/mol. The Morgan fingerprint density at radius 1 is 1.33 bits per heavy atom. The zero-order valence-electron chi connectivity index (χ0n) is 11.1. The number of likely N-dealkylation sites (N-methyl/N-ethyl adjacent to an activating group) is 1. The fourth-order valence-corrected chi connectivity index (χ4v) is 2.04. The van der Waals surface area contributed by atoms with Gasteiger partial charge in [-0.1, -0.05) is 42.5 Å². The van der Waals surface area contributed by atoms with Crippen molar-refractivity contribution in [3.05, 3.63) is 35.9 Å². The van der Waals surface area contributed by atoms with E-state index in [-0.39, 0.29) is 5.91 Å². The molecule has 0 radical (unpaired) electrons. The molecule has 0 heterocycles. The lowest BCUT2D eigenvalue weighted by Gasteiger charge is -2.31. The standard InChI is InChI=1S/C14H20N2OS/c1-4-16(10-12(15)18)13(17)14(2,3)11-8-6-5-7-9-11/h5-9H,4,10H2,1-3H3,(H2,15,18). The molecule has 0 spiro atoms. The van der Waals surface area contributed by atoms with Crippen LogP contribution in [0, 0.1) is 0 Å². The molecule has 3 nitrogen and oxygen atoms in total. The van der Waals surface area contributed by atoms with E-state index < -0.39 is 5.41 Å². The first kappa shape index (κ1) is 14.6. The molecule has 1 aromatic carbocycles. The van der Waals surface area contributed by atoms with Crippen molar-refractivity contribution in [1.29, 1.82) is 0 Å². The quantitative estimate of drug-likeness (QED) is 0.828. The maximum absolute atomic E-state index is 12.5. The molecule has 0 aromatic heterocycles. The Kier molecular flexibility index (Phi) is 4.84. The first-order valence-electron chi connectivity index (χ1n) is 6.02. The van der Waals surface area contributed by atoms with Crippen LogP contribution in [0.3, 0.4) is 0 Å². The maximum atomic E-state index is 12.5. The highest BCUT2D eigenvalue weighted by molar-refractivity contribution is 7.80. The molecule has 0 unspecified atom stereocenters. The number of hydrogen-bond acceptors (Lipinski definition) is 2. The Balaban J connectivity index is 2.97. The largest absolute Gasteiger partial charge is 0.392 e. The van der Waals surface area contributed by atoms with Gasteiger partial charge >= 0.3 is 0 Å². The van der Waals surface area contributed by atoms with Crippen LogP contribution < -0.4 is 5.73 Å². The molecule has 0 bridgehead atoms. The van der Waals surface area contributed by atoms with E-state index in [0.29, 0.717) is 18.1 Å². The van der Waals surface area contributed by atoms with Crippen molar-refractivity contribution in [2.45, 2.75) is 26.2 Å². The number of nitrogens with zero attached hydrogens (tertiary/aromatic N) is 1. The van der Waals surface area contributed by atoms with Crippen molar-refractivity contribution >= 4 is 23.1 Å². The van der Waals surface area contributed by atoms with Crippen LogP contribution in [-0.2, 0) is 10.2 Å². The van der Waals surface area contributed by atoms with E-state index in [9.17, 15) is 4.79 Å². The fraction of sp³-hybridized carbons (Fsp3) is 0.429. The minimum atomic E-state index is -0.567. The molecule has 18 heavy (non-hydrogen) atoms. The van der Waals surface area contributed by atoms with Crippen LogP contribution in [0.4, 0.5) is 0 Å². The van der Waals surface area contributed by atoms with Crippen molar-refractivity contribution in [3.8, 4) is 0 Å². The van der Waals surface area contributed by atoms with Crippen molar-refractivity contribution in [2.24, 2.45) is 5.73 Å². The third-order valence-electron chi connectivity index (χ3n) is 3.05. The lowest BCUT2D eigenvalue weighted by Crippen LogP contribution is -2.46. The Hall–Kier alpha value is -1.42. The first-order chi connectivity index (χ1) is 8.39. The zero-order valence-corrected chi connectivity index (χ0v) is 12.0. The second kappa shape index (κ2) is 5.96. The van der Waals surface area contributed by atoms with Gasteiger partial charge in [-0.15, -0.1) is 0 Å². The number of benzene rings is 1. The summed E-state index contributed by atoms with van der Waals surface area (Å²) < 4.78 is 0. The Morgan fingerprint density at radius 2 is 1.89 bits per heavy atom. The highest BCUT2D eigenvalue weighted by Gasteiger charge is 2.33. The van der Waals surface area contributed by atoms with Gasteiger partial charge in [-0.25, -0.2) is 0 Å². The lowest BCUT2D eigenvalue weighted by molar-refractivity contribution is -0.135. The normalized spacial score (nSPS) is 11.1. The molecule has 98 valence electrons. The highest BCUT2D eigenvalue weighted by atomic mass is 32.1. The summed E-state index contributed by atoms with van der Waals surface area (Å²) >= 11 is 4.88. The number of carbonyl (C=O) groups excluding carboxylic acids is 1. The van der Waals surface area contributed by atoms with Crippen LogP contribution in [0.1, 0.15) is 26.3 Å². The second-order valence-electron chi connectivity index (χ2n) is 4.78. The molecular weight excluding hydrogens is 244 g/mol. The smallest absolute Gasteiger partial charge is 0.233 e. The van der Waals surface area contributed by atoms with Gasteiger partial charge in [-0.3, -0.25) is 4.79 Å². The van der Waals surface area contributed by atoms with Crippen LogP contribution in [0.15, 0.2) is 30.3 Å². The number of hydrogen-bond donors (Lipinski definition) is 1. The highest BCUT2D eigenvalue weighted by Crippen LogP contribution is 2.25. The SMILES string of the molecule is CCN(CC(N)=S)C(=O)C(C)(C)c1ccccc1. The van der Waals surface area contributed by atoms with Gasteiger partial charge in [0.05, 0.1) is 16.9 Å². The summed E-state index contributed by atoms with van der Waals surface area (Å²) in [5.41, 5.74) is 5.96. The Bertz CT molecular complexity index is 429. The van der Waals surface area contributed by atoms with Gasteiger partial charge in [0.2, 0.25) is 5.91 Å². The van der Waals surface area contributed by atoms with Gasteiger partial charge in [-0.05, 0) is 26.3 Å². The molecule has 1 amide bonds. The summed E-state index contributed by atoms with van der Waals surface area (Å²) in [6.07, 6.45) is 0. The average Bonchev–Trinajstić information content (AvgIpc) is 2.36. The molecule has 4 heteroatoms. The van der Waals surface area contributed by atoms with Crippen LogP contribution in [0.5, 0.6) is 0 Å². The van der Waals surface area contributed by atoms with Gasteiger partial charge in [0.15, 0.2) is 0 Å². The molecule has 1 rings (SSSR count).